The highest BCUT2D eigenvalue weighted by Crippen LogP contribution is 2.20. The molecule has 8 heteroatoms. The highest BCUT2D eigenvalue weighted by Gasteiger charge is 2.26. The Bertz CT molecular complexity index is 1220. The number of hydrogen-bond donors (Lipinski definition) is 1. The maximum Gasteiger partial charge on any atom is 0.255 e. The number of amides is 1. The van der Waals surface area contributed by atoms with Crippen LogP contribution in [0.2, 0.25) is 0 Å². The lowest BCUT2D eigenvalue weighted by Crippen LogP contribution is -2.40. The molecule has 0 spiro atoms. The Hall–Kier alpha value is -3.49. The number of rotatable bonds is 11. The summed E-state index contributed by atoms with van der Waals surface area (Å²) >= 11 is 0. The van der Waals surface area contributed by atoms with Crippen LogP contribution in [0, 0.1) is 0 Å². The number of hydrazone groups is 1. The first-order valence-corrected chi connectivity index (χ1v) is 12.8. The molecule has 0 unspecified atom stereocenters. The van der Waals surface area contributed by atoms with Gasteiger partial charge in [0.2, 0.25) is 10.0 Å². The van der Waals surface area contributed by atoms with E-state index >= 15 is 0 Å². The van der Waals surface area contributed by atoms with Crippen LogP contribution in [0.5, 0.6) is 5.75 Å². The number of ether oxygens (including phenoxy) is 1. The van der Waals surface area contributed by atoms with Gasteiger partial charge in [0.25, 0.3) is 5.91 Å². The van der Waals surface area contributed by atoms with Crippen molar-refractivity contribution in [2.24, 2.45) is 5.10 Å². The van der Waals surface area contributed by atoms with E-state index in [4.69, 9.17) is 4.74 Å². The Balaban J connectivity index is 1.71. The Morgan fingerprint density at radius 3 is 2.26 bits per heavy atom. The van der Waals surface area contributed by atoms with Gasteiger partial charge in [-0.3, -0.25) is 4.79 Å². The molecule has 0 aromatic heterocycles. The van der Waals surface area contributed by atoms with Crippen LogP contribution >= 0.6 is 0 Å². The molecule has 3 aromatic carbocycles. The monoisotopic (exact) mass is 493 g/mol. The smallest absolute Gasteiger partial charge is 0.255 e. The SMILES string of the molecule is COc1ccc(S(=O)(=O)N(CCc2ccccc2)CC(=O)N/N=C\c2ccc(C(C)C)cc2)cc1. The van der Waals surface area contributed by atoms with E-state index in [1.165, 1.54) is 35.3 Å². The standard InChI is InChI=1S/C27H31N3O4S/c1-21(2)24-11-9-23(10-12-24)19-28-29-27(31)20-30(18-17-22-7-5-4-6-8-22)35(32,33)26-15-13-25(34-3)14-16-26/h4-16,19,21H,17-18,20H2,1-3H3,(H,29,31)/b28-19-. The minimum Gasteiger partial charge on any atom is -0.497 e. The van der Waals surface area contributed by atoms with Gasteiger partial charge in [-0.25, -0.2) is 13.8 Å². The second kappa shape index (κ2) is 12.3. The topological polar surface area (TPSA) is 88.1 Å². The van der Waals surface area contributed by atoms with Crippen LogP contribution in [0.25, 0.3) is 0 Å². The molecule has 0 bridgehead atoms. The van der Waals surface area contributed by atoms with E-state index in [0.717, 1.165) is 11.1 Å². The summed E-state index contributed by atoms with van der Waals surface area (Å²) in [6.07, 6.45) is 2.00. The van der Waals surface area contributed by atoms with E-state index in [-0.39, 0.29) is 18.0 Å². The maximum absolute atomic E-state index is 13.3. The zero-order chi connectivity index (χ0) is 25.3. The maximum atomic E-state index is 13.3. The molecule has 1 N–H and O–H groups in total. The molecule has 1 amide bonds. The molecule has 3 rings (SSSR count). The minimum absolute atomic E-state index is 0.0907. The second-order valence-corrected chi connectivity index (χ2v) is 10.3. The van der Waals surface area contributed by atoms with Gasteiger partial charge in [-0.05, 0) is 53.3 Å². The Kier molecular flexibility index (Phi) is 9.17. The highest BCUT2D eigenvalue weighted by molar-refractivity contribution is 7.89. The number of sulfonamides is 1. The van der Waals surface area contributed by atoms with Crippen molar-refractivity contribution >= 4 is 22.1 Å². The number of hydrogen-bond acceptors (Lipinski definition) is 5. The predicted molar refractivity (Wildman–Crippen MR) is 138 cm³/mol. The summed E-state index contributed by atoms with van der Waals surface area (Å²) in [4.78, 5) is 12.7. The molecule has 0 aliphatic rings. The van der Waals surface area contributed by atoms with E-state index in [2.05, 4.69) is 24.4 Å². The van der Waals surface area contributed by atoms with Gasteiger partial charge >= 0.3 is 0 Å². The lowest BCUT2D eigenvalue weighted by molar-refractivity contribution is -0.121. The van der Waals surface area contributed by atoms with Crippen molar-refractivity contribution in [3.05, 3.63) is 95.6 Å². The number of benzene rings is 3. The number of carbonyl (C=O) groups excluding carboxylic acids is 1. The summed E-state index contributed by atoms with van der Waals surface area (Å²) in [6, 6.07) is 23.5. The first-order valence-electron chi connectivity index (χ1n) is 11.4. The summed E-state index contributed by atoms with van der Waals surface area (Å²) < 4.78 is 33.0. The van der Waals surface area contributed by atoms with Crippen LogP contribution < -0.4 is 10.2 Å². The Morgan fingerprint density at radius 2 is 1.66 bits per heavy atom. The quantitative estimate of drug-likeness (QED) is 0.320. The predicted octanol–water partition coefficient (Wildman–Crippen LogP) is 4.20. The fourth-order valence-electron chi connectivity index (χ4n) is 3.42. The molecule has 184 valence electrons. The molecule has 0 atom stereocenters. The van der Waals surface area contributed by atoms with Crippen molar-refractivity contribution < 1.29 is 17.9 Å². The largest absolute Gasteiger partial charge is 0.497 e. The third-order valence-electron chi connectivity index (χ3n) is 5.52. The molecule has 0 radical (unpaired) electrons. The third kappa shape index (κ3) is 7.50. The van der Waals surface area contributed by atoms with Crippen molar-refractivity contribution in [3.8, 4) is 5.75 Å². The first kappa shape index (κ1) is 26.1. The molecule has 0 aliphatic heterocycles. The number of nitrogens with one attached hydrogen (secondary N) is 1. The van der Waals surface area contributed by atoms with Gasteiger partial charge in [-0.2, -0.15) is 9.41 Å². The van der Waals surface area contributed by atoms with Crippen LogP contribution in [0.1, 0.15) is 36.5 Å². The fraction of sp³-hybridized carbons (Fsp3) is 0.259. The zero-order valence-corrected chi connectivity index (χ0v) is 21.0. The Morgan fingerprint density at radius 1 is 1.00 bits per heavy atom. The summed E-state index contributed by atoms with van der Waals surface area (Å²) in [6.45, 7) is 4.02. The van der Waals surface area contributed by atoms with Gasteiger partial charge in [-0.1, -0.05) is 68.4 Å². The van der Waals surface area contributed by atoms with Gasteiger partial charge < -0.3 is 4.74 Å². The zero-order valence-electron chi connectivity index (χ0n) is 20.2. The molecular weight excluding hydrogens is 462 g/mol. The van der Waals surface area contributed by atoms with Gasteiger partial charge in [0, 0.05) is 6.54 Å². The number of nitrogens with zero attached hydrogens (tertiary/aromatic N) is 2. The van der Waals surface area contributed by atoms with Gasteiger partial charge in [-0.15, -0.1) is 0 Å². The van der Waals surface area contributed by atoms with E-state index in [1.54, 1.807) is 12.1 Å². The molecule has 7 nitrogen and oxygen atoms in total. The minimum atomic E-state index is -3.92. The molecule has 0 aliphatic carbocycles. The lowest BCUT2D eigenvalue weighted by Gasteiger charge is -2.21. The fourth-order valence-corrected chi connectivity index (χ4v) is 4.82. The molecular formula is C27H31N3O4S. The van der Waals surface area contributed by atoms with Gasteiger partial charge in [0.15, 0.2) is 0 Å². The first-order chi connectivity index (χ1) is 16.8. The van der Waals surface area contributed by atoms with Gasteiger partial charge in [0.1, 0.15) is 5.75 Å². The lowest BCUT2D eigenvalue weighted by atomic mass is 10.0. The molecule has 0 saturated heterocycles. The third-order valence-corrected chi connectivity index (χ3v) is 7.38. The summed E-state index contributed by atoms with van der Waals surface area (Å²) in [5, 5.41) is 4.00. The van der Waals surface area contributed by atoms with Crippen molar-refractivity contribution in [2.45, 2.75) is 31.1 Å². The Labute approximate surface area is 207 Å². The van der Waals surface area contributed by atoms with E-state index in [1.807, 2.05) is 54.6 Å². The second-order valence-electron chi connectivity index (χ2n) is 8.36. The molecule has 0 saturated carbocycles. The van der Waals surface area contributed by atoms with Crippen molar-refractivity contribution in [3.63, 3.8) is 0 Å². The van der Waals surface area contributed by atoms with Crippen molar-refractivity contribution in [2.75, 3.05) is 20.2 Å². The van der Waals surface area contributed by atoms with E-state index < -0.39 is 15.9 Å². The molecule has 0 heterocycles. The summed E-state index contributed by atoms with van der Waals surface area (Å²) in [5.41, 5.74) is 5.47. The number of methoxy groups -OCH3 is 1. The average molecular weight is 494 g/mol. The number of carbonyl (C=O) groups is 1. The van der Waals surface area contributed by atoms with Crippen molar-refractivity contribution in [1.82, 2.24) is 9.73 Å². The average Bonchev–Trinajstić information content (AvgIpc) is 2.87. The van der Waals surface area contributed by atoms with Crippen LogP contribution in [0.15, 0.2) is 88.9 Å². The molecule has 3 aromatic rings. The van der Waals surface area contributed by atoms with Gasteiger partial charge in [0.05, 0.1) is 24.8 Å². The molecule has 0 fully saturated rings. The normalized spacial score (nSPS) is 11.8. The molecule has 35 heavy (non-hydrogen) atoms. The van der Waals surface area contributed by atoms with Crippen LogP contribution in [-0.2, 0) is 21.2 Å². The van der Waals surface area contributed by atoms with E-state index in [0.29, 0.717) is 18.1 Å². The van der Waals surface area contributed by atoms with Crippen LogP contribution in [0.4, 0.5) is 0 Å². The van der Waals surface area contributed by atoms with Crippen molar-refractivity contribution in [1.29, 1.82) is 0 Å². The summed E-state index contributed by atoms with van der Waals surface area (Å²) in [7, 11) is -2.40. The van der Waals surface area contributed by atoms with Crippen LogP contribution in [0.3, 0.4) is 0 Å². The highest BCUT2D eigenvalue weighted by atomic mass is 32.2. The van der Waals surface area contributed by atoms with Crippen LogP contribution in [-0.4, -0.2) is 45.0 Å². The van der Waals surface area contributed by atoms with E-state index in [9.17, 15) is 13.2 Å². The summed E-state index contributed by atoms with van der Waals surface area (Å²) in [5.74, 6) is 0.453.